The molecule has 3 amide bonds. The first kappa shape index (κ1) is 29.9. The molecule has 0 saturated carbocycles. The van der Waals surface area contributed by atoms with Gasteiger partial charge >= 0.3 is 6.09 Å². The Labute approximate surface area is 254 Å². The number of fused-ring (bicyclic) bond motifs is 2. The van der Waals surface area contributed by atoms with Crippen molar-refractivity contribution in [3.63, 3.8) is 0 Å². The number of nitrogens with zero attached hydrogens (tertiary/aromatic N) is 1. The van der Waals surface area contributed by atoms with Crippen LogP contribution in [0.2, 0.25) is 10.0 Å². The smallest absolute Gasteiger partial charge is 0.407 e. The van der Waals surface area contributed by atoms with Gasteiger partial charge in [-0.2, -0.15) is 0 Å². The summed E-state index contributed by atoms with van der Waals surface area (Å²) in [5, 5.41) is 6.59. The molecule has 10 heteroatoms. The third kappa shape index (κ3) is 5.45. The SMILES string of the molecule is Cc1ccc(F)cc1C1CC(=O)N(CCNC(=O)OC(C)(C)C)C(c2cccc(Cl)c2)C12C(=O)Nc1cc(Cl)ccc12. The second kappa shape index (κ2) is 11.2. The van der Waals surface area contributed by atoms with Gasteiger partial charge in [0.1, 0.15) is 16.8 Å². The van der Waals surface area contributed by atoms with E-state index in [0.717, 1.165) is 5.56 Å². The molecule has 7 nitrogen and oxygen atoms in total. The van der Waals surface area contributed by atoms with Crippen molar-refractivity contribution in [1.29, 1.82) is 0 Å². The number of likely N-dealkylation sites (tertiary alicyclic amines) is 1. The summed E-state index contributed by atoms with van der Waals surface area (Å²) in [6.45, 7) is 7.28. The molecule has 0 radical (unpaired) electrons. The number of piperidine rings is 1. The third-order valence-corrected chi connectivity index (χ3v) is 8.32. The number of alkyl carbamates (subject to hydrolysis) is 1. The van der Waals surface area contributed by atoms with Gasteiger partial charge in [0, 0.05) is 41.2 Å². The quantitative estimate of drug-likeness (QED) is 0.328. The molecule has 3 aromatic carbocycles. The molecule has 2 heterocycles. The van der Waals surface area contributed by atoms with Crippen LogP contribution in [0.25, 0.3) is 0 Å². The number of aryl methyl sites for hydroxylation is 1. The minimum Gasteiger partial charge on any atom is -0.444 e. The zero-order chi connectivity index (χ0) is 30.4. The van der Waals surface area contributed by atoms with E-state index in [4.69, 9.17) is 27.9 Å². The molecule has 42 heavy (non-hydrogen) atoms. The molecule has 1 fully saturated rings. The summed E-state index contributed by atoms with van der Waals surface area (Å²) >= 11 is 12.8. The number of rotatable bonds is 5. The lowest BCUT2D eigenvalue weighted by Gasteiger charge is -2.52. The van der Waals surface area contributed by atoms with Crippen LogP contribution >= 0.6 is 23.2 Å². The highest BCUT2D eigenvalue weighted by Gasteiger charge is 2.63. The van der Waals surface area contributed by atoms with Crippen molar-refractivity contribution < 1.29 is 23.5 Å². The highest BCUT2D eigenvalue weighted by molar-refractivity contribution is 6.31. The number of carbonyl (C=O) groups excluding carboxylic acids is 3. The lowest BCUT2D eigenvalue weighted by Crippen LogP contribution is -2.59. The van der Waals surface area contributed by atoms with Gasteiger partial charge in [-0.3, -0.25) is 9.59 Å². The van der Waals surface area contributed by atoms with Crippen molar-refractivity contribution >= 4 is 46.8 Å². The third-order valence-electron chi connectivity index (χ3n) is 7.84. The van der Waals surface area contributed by atoms with Crippen LogP contribution in [0.5, 0.6) is 0 Å². The van der Waals surface area contributed by atoms with E-state index in [1.165, 1.54) is 12.1 Å². The summed E-state index contributed by atoms with van der Waals surface area (Å²) in [5.41, 5.74) is 1.07. The zero-order valence-corrected chi connectivity index (χ0v) is 25.3. The van der Waals surface area contributed by atoms with Gasteiger partial charge in [-0.05, 0) is 86.3 Å². The Kier molecular flexibility index (Phi) is 7.98. The summed E-state index contributed by atoms with van der Waals surface area (Å²) in [4.78, 5) is 42.5. The summed E-state index contributed by atoms with van der Waals surface area (Å²) in [5.74, 6) is -1.77. The number of anilines is 1. The predicted octanol–water partition coefficient (Wildman–Crippen LogP) is 6.91. The minimum absolute atomic E-state index is 0.0662. The van der Waals surface area contributed by atoms with Crippen molar-refractivity contribution in [1.82, 2.24) is 10.2 Å². The van der Waals surface area contributed by atoms with E-state index < -0.39 is 34.9 Å². The van der Waals surface area contributed by atoms with Crippen molar-refractivity contribution in [2.45, 2.75) is 57.1 Å². The van der Waals surface area contributed by atoms with Crippen LogP contribution < -0.4 is 10.6 Å². The largest absolute Gasteiger partial charge is 0.444 e. The molecule has 2 aliphatic rings. The molecule has 3 unspecified atom stereocenters. The number of nitrogens with one attached hydrogen (secondary N) is 2. The fourth-order valence-corrected chi connectivity index (χ4v) is 6.66. The van der Waals surface area contributed by atoms with Crippen molar-refractivity contribution in [2.24, 2.45) is 0 Å². The maximum absolute atomic E-state index is 14.7. The number of benzene rings is 3. The van der Waals surface area contributed by atoms with Gasteiger partial charge < -0.3 is 20.3 Å². The Hall–Kier alpha value is -3.62. The average Bonchev–Trinajstić information content (AvgIpc) is 3.17. The molecular formula is C32H32Cl2FN3O4. The molecule has 0 aromatic heterocycles. The number of ether oxygens (including phenoxy) is 1. The molecular weight excluding hydrogens is 580 g/mol. The van der Waals surface area contributed by atoms with Crippen LogP contribution in [0, 0.1) is 12.7 Å². The summed E-state index contributed by atoms with van der Waals surface area (Å²) in [6, 6.07) is 15.8. The van der Waals surface area contributed by atoms with E-state index in [1.54, 1.807) is 68.1 Å². The zero-order valence-electron chi connectivity index (χ0n) is 23.8. The van der Waals surface area contributed by atoms with Crippen LogP contribution in [0.15, 0.2) is 60.7 Å². The maximum Gasteiger partial charge on any atom is 0.407 e. The molecule has 1 spiro atoms. The lowest BCUT2D eigenvalue weighted by molar-refractivity contribution is -0.145. The van der Waals surface area contributed by atoms with Gasteiger partial charge in [-0.25, -0.2) is 9.18 Å². The van der Waals surface area contributed by atoms with Crippen molar-refractivity contribution in [3.05, 3.63) is 98.8 Å². The molecule has 3 aromatic rings. The van der Waals surface area contributed by atoms with Crippen molar-refractivity contribution in [3.8, 4) is 0 Å². The molecule has 0 aliphatic carbocycles. The highest BCUT2D eigenvalue weighted by atomic mass is 35.5. The van der Waals surface area contributed by atoms with Crippen LogP contribution in [-0.4, -0.2) is 41.5 Å². The first-order valence-electron chi connectivity index (χ1n) is 13.7. The van der Waals surface area contributed by atoms with E-state index in [0.29, 0.717) is 32.4 Å². The minimum atomic E-state index is -1.37. The Bertz CT molecular complexity index is 1570. The second-order valence-electron chi connectivity index (χ2n) is 11.7. The molecule has 2 aliphatic heterocycles. The molecule has 5 rings (SSSR count). The topological polar surface area (TPSA) is 87.7 Å². The normalized spacial score (nSPS) is 21.7. The number of halogens is 3. The van der Waals surface area contributed by atoms with Gasteiger partial charge in [0.05, 0.1) is 6.04 Å². The summed E-state index contributed by atoms with van der Waals surface area (Å²) < 4.78 is 20.1. The van der Waals surface area contributed by atoms with Gasteiger partial charge in [-0.1, -0.05) is 47.5 Å². The van der Waals surface area contributed by atoms with E-state index in [1.807, 2.05) is 13.0 Å². The Morgan fingerprint density at radius 1 is 1.10 bits per heavy atom. The van der Waals surface area contributed by atoms with Gasteiger partial charge in [-0.15, -0.1) is 0 Å². The van der Waals surface area contributed by atoms with Crippen LogP contribution in [-0.2, 0) is 19.7 Å². The van der Waals surface area contributed by atoms with Gasteiger partial charge in [0.25, 0.3) is 0 Å². The van der Waals surface area contributed by atoms with E-state index in [9.17, 15) is 18.8 Å². The number of hydrogen-bond donors (Lipinski definition) is 2. The van der Waals surface area contributed by atoms with E-state index >= 15 is 0 Å². The second-order valence-corrected chi connectivity index (χ2v) is 12.6. The number of amides is 3. The fourth-order valence-electron chi connectivity index (χ4n) is 6.29. The first-order valence-corrected chi connectivity index (χ1v) is 14.5. The number of hydrogen-bond acceptors (Lipinski definition) is 4. The van der Waals surface area contributed by atoms with E-state index in [-0.39, 0.29) is 31.3 Å². The Morgan fingerprint density at radius 3 is 2.55 bits per heavy atom. The van der Waals surface area contributed by atoms with Gasteiger partial charge in [0.15, 0.2) is 0 Å². The first-order chi connectivity index (χ1) is 19.8. The molecule has 1 saturated heterocycles. The van der Waals surface area contributed by atoms with Crippen LogP contribution in [0.1, 0.15) is 61.4 Å². The highest BCUT2D eigenvalue weighted by Crippen LogP contribution is 2.60. The fraction of sp³-hybridized carbons (Fsp3) is 0.344. The Morgan fingerprint density at radius 2 is 1.83 bits per heavy atom. The molecule has 220 valence electrons. The summed E-state index contributed by atoms with van der Waals surface area (Å²) in [6.07, 6.45) is -0.684. The summed E-state index contributed by atoms with van der Waals surface area (Å²) in [7, 11) is 0. The lowest BCUT2D eigenvalue weighted by atomic mass is 9.58. The van der Waals surface area contributed by atoms with E-state index in [2.05, 4.69) is 10.6 Å². The Balaban J connectivity index is 1.70. The van der Waals surface area contributed by atoms with Crippen LogP contribution in [0.3, 0.4) is 0 Å². The molecule has 3 atom stereocenters. The maximum atomic E-state index is 14.7. The monoisotopic (exact) mass is 611 g/mol. The number of carbonyl (C=O) groups is 3. The van der Waals surface area contributed by atoms with Crippen LogP contribution in [0.4, 0.5) is 14.9 Å². The van der Waals surface area contributed by atoms with Crippen molar-refractivity contribution in [2.75, 3.05) is 18.4 Å². The molecule has 0 bridgehead atoms. The molecule has 2 N–H and O–H groups in total. The van der Waals surface area contributed by atoms with Gasteiger partial charge in [0.2, 0.25) is 11.8 Å². The predicted molar refractivity (Wildman–Crippen MR) is 160 cm³/mol. The standard InChI is InChI=1S/C32H32Cl2FN3O4/c1-18-8-10-22(35)16-23(18)25-17-27(39)38(13-12-36-30(41)42-31(2,3)4)28(19-6-5-7-20(33)14-19)32(25)24-11-9-21(34)15-26(24)37-29(32)40/h5-11,14-16,25,28H,12-13,17H2,1-4H3,(H,36,41)(H,37,40). The average molecular weight is 613 g/mol.